The lowest BCUT2D eigenvalue weighted by atomic mass is 10.1. The van der Waals surface area contributed by atoms with Crippen molar-refractivity contribution >= 4 is 56.8 Å². The lowest BCUT2D eigenvalue weighted by molar-refractivity contribution is -0.116. The summed E-state index contributed by atoms with van der Waals surface area (Å²) in [6, 6.07) is 10.8. The van der Waals surface area contributed by atoms with Gasteiger partial charge in [0.2, 0.25) is 11.8 Å². The van der Waals surface area contributed by atoms with E-state index in [1.807, 2.05) is 31.2 Å². The van der Waals surface area contributed by atoms with E-state index in [-0.39, 0.29) is 30.7 Å². The van der Waals surface area contributed by atoms with E-state index in [9.17, 15) is 14.4 Å². The van der Waals surface area contributed by atoms with Gasteiger partial charge in [0.15, 0.2) is 0 Å². The minimum Gasteiger partial charge on any atom is -0.352 e. The number of amides is 3. The van der Waals surface area contributed by atoms with Crippen LogP contribution in [-0.2, 0) is 9.59 Å². The summed E-state index contributed by atoms with van der Waals surface area (Å²) in [5, 5.41) is 8.33. The van der Waals surface area contributed by atoms with Gasteiger partial charge in [-0.05, 0) is 42.8 Å². The minimum atomic E-state index is -0.283. The molecule has 3 amide bonds. The lowest BCUT2D eigenvalue weighted by Crippen LogP contribution is -2.28. The van der Waals surface area contributed by atoms with E-state index < -0.39 is 0 Å². The minimum absolute atomic E-state index is 0.0791. The smallest absolute Gasteiger partial charge is 0.251 e. The van der Waals surface area contributed by atoms with E-state index in [2.05, 4.69) is 31.9 Å². The van der Waals surface area contributed by atoms with Gasteiger partial charge in [0.25, 0.3) is 5.91 Å². The zero-order chi connectivity index (χ0) is 19.4. The van der Waals surface area contributed by atoms with Crippen LogP contribution in [0.15, 0.2) is 45.8 Å². The number of benzene rings is 2. The fourth-order valence-corrected chi connectivity index (χ4v) is 3.71. The van der Waals surface area contributed by atoms with E-state index >= 15 is 0 Å². The van der Waals surface area contributed by atoms with Crippen molar-refractivity contribution in [3.63, 3.8) is 0 Å². The maximum absolute atomic E-state index is 12.3. The second-order valence-corrected chi connectivity index (χ2v) is 7.99. The van der Waals surface area contributed by atoms with Crippen molar-refractivity contribution in [2.45, 2.75) is 18.2 Å². The lowest BCUT2D eigenvalue weighted by Gasteiger charge is -2.17. The second-order valence-electron chi connectivity index (χ2n) is 6.06. The van der Waals surface area contributed by atoms with Gasteiger partial charge in [-0.1, -0.05) is 22.0 Å². The van der Waals surface area contributed by atoms with Gasteiger partial charge in [-0.15, -0.1) is 11.8 Å². The molecular formula is C19H18BrN3O3S. The van der Waals surface area contributed by atoms with Gasteiger partial charge in [-0.2, -0.15) is 0 Å². The van der Waals surface area contributed by atoms with Crippen LogP contribution in [0.5, 0.6) is 0 Å². The largest absolute Gasteiger partial charge is 0.352 e. The molecule has 0 aromatic heterocycles. The van der Waals surface area contributed by atoms with E-state index in [4.69, 9.17) is 0 Å². The first-order valence-corrected chi connectivity index (χ1v) is 10.1. The topological polar surface area (TPSA) is 87.3 Å². The summed E-state index contributed by atoms with van der Waals surface area (Å²) < 4.78 is 0.884. The Hall–Kier alpha value is -2.32. The average molecular weight is 448 g/mol. The molecule has 140 valence electrons. The van der Waals surface area contributed by atoms with Gasteiger partial charge in [-0.25, -0.2) is 0 Å². The number of hydrogen-bond donors (Lipinski definition) is 3. The molecule has 8 heteroatoms. The van der Waals surface area contributed by atoms with Crippen LogP contribution < -0.4 is 16.0 Å². The van der Waals surface area contributed by atoms with Crippen molar-refractivity contribution in [3.05, 3.63) is 52.0 Å². The molecule has 0 spiro atoms. The zero-order valence-electron chi connectivity index (χ0n) is 14.6. The number of fused-ring (bicyclic) bond motifs is 1. The highest BCUT2D eigenvalue weighted by atomic mass is 79.9. The molecule has 0 radical (unpaired) electrons. The summed E-state index contributed by atoms with van der Waals surface area (Å²) in [5.74, 6) is -0.158. The molecule has 0 atom stereocenters. The molecule has 3 rings (SSSR count). The normalized spacial score (nSPS) is 12.7. The molecular weight excluding hydrogens is 430 g/mol. The van der Waals surface area contributed by atoms with Crippen LogP contribution in [0.3, 0.4) is 0 Å². The SMILES string of the molecule is Cc1ccc(Br)cc1NC(=O)CCNC(=O)c1ccc2c(c1)NC(=O)CS2. The molecule has 0 saturated carbocycles. The van der Waals surface area contributed by atoms with Crippen LogP contribution in [-0.4, -0.2) is 30.0 Å². The van der Waals surface area contributed by atoms with Crippen molar-refractivity contribution < 1.29 is 14.4 Å². The predicted octanol–water partition coefficient (Wildman–Crippen LogP) is 3.56. The molecule has 27 heavy (non-hydrogen) atoms. The van der Waals surface area contributed by atoms with Gasteiger partial charge >= 0.3 is 0 Å². The van der Waals surface area contributed by atoms with E-state index in [0.29, 0.717) is 17.0 Å². The quantitative estimate of drug-likeness (QED) is 0.653. The highest BCUT2D eigenvalue weighted by molar-refractivity contribution is 9.10. The first-order chi connectivity index (χ1) is 12.9. The van der Waals surface area contributed by atoms with E-state index in [0.717, 1.165) is 20.6 Å². The van der Waals surface area contributed by atoms with Crippen molar-refractivity contribution in [1.29, 1.82) is 0 Å². The summed E-state index contributed by atoms with van der Waals surface area (Å²) in [6.45, 7) is 2.13. The van der Waals surface area contributed by atoms with Crippen molar-refractivity contribution in [2.24, 2.45) is 0 Å². The summed E-state index contributed by atoms with van der Waals surface area (Å²) in [5.41, 5.74) is 2.79. The summed E-state index contributed by atoms with van der Waals surface area (Å²) >= 11 is 4.82. The number of thioether (sulfide) groups is 1. The Kier molecular flexibility index (Phi) is 6.18. The molecule has 2 aromatic rings. The van der Waals surface area contributed by atoms with Crippen LogP contribution in [0, 0.1) is 6.92 Å². The van der Waals surface area contributed by atoms with Crippen molar-refractivity contribution in [3.8, 4) is 0 Å². The van der Waals surface area contributed by atoms with Gasteiger partial charge in [0.05, 0.1) is 11.4 Å². The maximum Gasteiger partial charge on any atom is 0.251 e. The molecule has 1 heterocycles. The van der Waals surface area contributed by atoms with Crippen LogP contribution in [0.1, 0.15) is 22.3 Å². The fraction of sp³-hybridized carbons (Fsp3) is 0.211. The Morgan fingerprint density at radius 3 is 2.85 bits per heavy atom. The molecule has 0 fully saturated rings. The first-order valence-electron chi connectivity index (χ1n) is 8.33. The summed E-state index contributed by atoms with van der Waals surface area (Å²) in [7, 11) is 0. The third-order valence-corrected chi connectivity index (χ3v) is 5.55. The molecule has 0 aliphatic carbocycles. The number of rotatable bonds is 5. The van der Waals surface area contributed by atoms with Gasteiger partial charge in [-0.3, -0.25) is 14.4 Å². The molecule has 1 aliphatic rings. The van der Waals surface area contributed by atoms with Crippen LogP contribution in [0.2, 0.25) is 0 Å². The van der Waals surface area contributed by atoms with E-state index in [1.54, 1.807) is 12.1 Å². The highest BCUT2D eigenvalue weighted by Gasteiger charge is 2.17. The maximum atomic E-state index is 12.3. The van der Waals surface area contributed by atoms with Crippen LogP contribution >= 0.6 is 27.7 Å². The molecule has 0 unspecified atom stereocenters. The fourth-order valence-electron chi connectivity index (χ4n) is 2.56. The van der Waals surface area contributed by atoms with Crippen LogP contribution in [0.25, 0.3) is 0 Å². The zero-order valence-corrected chi connectivity index (χ0v) is 17.0. The number of carbonyl (C=O) groups is 3. The molecule has 3 N–H and O–H groups in total. The number of carbonyl (C=O) groups excluding carboxylic acids is 3. The number of aryl methyl sites for hydroxylation is 1. The van der Waals surface area contributed by atoms with Gasteiger partial charge in [0.1, 0.15) is 0 Å². The Morgan fingerprint density at radius 2 is 2.04 bits per heavy atom. The molecule has 6 nitrogen and oxygen atoms in total. The van der Waals surface area contributed by atoms with Crippen molar-refractivity contribution in [2.75, 3.05) is 22.9 Å². The predicted molar refractivity (Wildman–Crippen MR) is 110 cm³/mol. The summed E-state index contributed by atoms with van der Waals surface area (Å²) in [6.07, 6.45) is 0.162. The average Bonchev–Trinajstić information content (AvgIpc) is 2.64. The van der Waals surface area contributed by atoms with E-state index in [1.165, 1.54) is 11.8 Å². The standard InChI is InChI=1S/C19H18BrN3O3S/c1-11-2-4-13(20)9-14(11)22-17(24)6-7-21-19(26)12-3-5-16-15(8-12)23-18(25)10-27-16/h2-5,8-9H,6-7,10H2,1H3,(H,21,26)(H,22,24)(H,23,25). The highest BCUT2D eigenvalue weighted by Crippen LogP contribution is 2.31. The number of hydrogen-bond acceptors (Lipinski definition) is 4. The Morgan fingerprint density at radius 1 is 1.22 bits per heavy atom. The third kappa shape index (κ3) is 5.11. The monoisotopic (exact) mass is 447 g/mol. The Bertz CT molecular complexity index is 917. The van der Waals surface area contributed by atoms with Crippen LogP contribution in [0.4, 0.5) is 11.4 Å². The number of anilines is 2. The number of halogens is 1. The third-order valence-electron chi connectivity index (χ3n) is 3.99. The first kappa shape index (κ1) is 19.4. The summed E-state index contributed by atoms with van der Waals surface area (Å²) in [4.78, 5) is 36.8. The molecule has 2 aromatic carbocycles. The molecule has 0 saturated heterocycles. The number of nitrogens with one attached hydrogen (secondary N) is 3. The van der Waals surface area contributed by atoms with Gasteiger partial charge in [0, 0.05) is 33.6 Å². The van der Waals surface area contributed by atoms with Crippen molar-refractivity contribution in [1.82, 2.24) is 5.32 Å². The van der Waals surface area contributed by atoms with Gasteiger partial charge < -0.3 is 16.0 Å². The second kappa shape index (κ2) is 8.58. The Balaban J connectivity index is 1.52. The molecule has 0 bridgehead atoms. The molecule has 1 aliphatic heterocycles. The Labute approximate surface area is 169 Å².